The summed E-state index contributed by atoms with van der Waals surface area (Å²) in [6.45, 7) is 7.78. The van der Waals surface area contributed by atoms with Crippen molar-refractivity contribution in [3.63, 3.8) is 0 Å². The van der Waals surface area contributed by atoms with E-state index in [1.54, 1.807) is 30.5 Å². The van der Waals surface area contributed by atoms with Crippen molar-refractivity contribution in [1.82, 2.24) is 9.80 Å². The van der Waals surface area contributed by atoms with E-state index in [9.17, 15) is 9.59 Å². The molecular formula is C20H25N3O3. The van der Waals surface area contributed by atoms with Gasteiger partial charge in [0, 0.05) is 37.4 Å². The van der Waals surface area contributed by atoms with Gasteiger partial charge in [-0.05, 0) is 50.2 Å². The molecule has 0 saturated carbocycles. The maximum Gasteiger partial charge on any atom is 0.241 e. The summed E-state index contributed by atoms with van der Waals surface area (Å²) < 4.78 is 5.40. The second-order valence-electron chi connectivity index (χ2n) is 6.69. The molecule has 6 nitrogen and oxygen atoms in total. The fourth-order valence-corrected chi connectivity index (χ4v) is 3.13. The van der Waals surface area contributed by atoms with Gasteiger partial charge in [0.15, 0.2) is 5.78 Å². The van der Waals surface area contributed by atoms with Gasteiger partial charge in [-0.2, -0.15) is 0 Å². The summed E-state index contributed by atoms with van der Waals surface area (Å²) in [4.78, 5) is 28.4. The van der Waals surface area contributed by atoms with Crippen LogP contribution in [-0.4, -0.2) is 53.7 Å². The Morgan fingerprint density at radius 3 is 2.38 bits per heavy atom. The van der Waals surface area contributed by atoms with E-state index in [1.807, 2.05) is 19.1 Å². The summed E-state index contributed by atoms with van der Waals surface area (Å²) >= 11 is 0. The van der Waals surface area contributed by atoms with Gasteiger partial charge in [-0.1, -0.05) is 0 Å². The maximum absolute atomic E-state index is 12.5. The summed E-state index contributed by atoms with van der Waals surface area (Å²) in [7, 11) is 0. The first-order valence-corrected chi connectivity index (χ1v) is 8.93. The largest absolute Gasteiger partial charge is 0.468 e. The van der Waals surface area contributed by atoms with Gasteiger partial charge in [0.25, 0.3) is 0 Å². The van der Waals surface area contributed by atoms with Gasteiger partial charge in [0.2, 0.25) is 5.91 Å². The number of nitrogens with zero attached hydrogens (tertiary/aromatic N) is 2. The van der Waals surface area contributed by atoms with E-state index < -0.39 is 0 Å². The van der Waals surface area contributed by atoms with Crippen LogP contribution in [0.5, 0.6) is 0 Å². The number of nitrogens with one attached hydrogen (secondary N) is 1. The molecule has 1 aromatic carbocycles. The van der Waals surface area contributed by atoms with Crippen molar-refractivity contribution in [2.45, 2.75) is 26.4 Å². The zero-order valence-corrected chi connectivity index (χ0v) is 15.3. The number of hydrogen-bond acceptors (Lipinski definition) is 5. The van der Waals surface area contributed by atoms with Gasteiger partial charge in [-0.3, -0.25) is 19.4 Å². The molecule has 1 unspecified atom stereocenters. The number of anilines is 1. The number of benzene rings is 1. The zero-order valence-electron chi connectivity index (χ0n) is 15.3. The first kappa shape index (κ1) is 18.4. The first-order valence-electron chi connectivity index (χ1n) is 8.93. The molecule has 3 rings (SSSR count). The molecule has 1 amide bonds. The molecule has 1 aliphatic heterocycles. The third-order valence-electron chi connectivity index (χ3n) is 4.85. The van der Waals surface area contributed by atoms with Crippen LogP contribution in [0.3, 0.4) is 0 Å². The Hall–Kier alpha value is -2.44. The smallest absolute Gasteiger partial charge is 0.241 e. The number of furan rings is 1. The molecule has 1 aromatic heterocycles. The SMILES string of the molecule is CC(=O)c1ccc(NC(=O)C(C)N2CCN(Cc3ccco3)CC2)cc1. The van der Waals surface area contributed by atoms with Crippen molar-refractivity contribution in [2.75, 3.05) is 31.5 Å². The van der Waals surface area contributed by atoms with E-state index in [2.05, 4.69) is 15.1 Å². The van der Waals surface area contributed by atoms with Gasteiger partial charge in [0.1, 0.15) is 5.76 Å². The summed E-state index contributed by atoms with van der Waals surface area (Å²) in [6.07, 6.45) is 1.70. The minimum Gasteiger partial charge on any atom is -0.468 e. The monoisotopic (exact) mass is 355 g/mol. The molecule has 1 fully saturated rings. The zero-order chi connectivity index (χ0) is 18.5. The number of Topliss-reactive ketones (excluding diaryl/α,β-unsaturated/α-hetero) is 1. The molecule has 1 aliphatic rings. The average Bonchev–Trinajstić information content (AvgIpc) is 3.15. The van der Waals surface area contributed by atoms with Crippen LogP contribution in [0.25, 0.3) is 0 Å². The minimum absolute atomic E-state index is 0.0173. The second kappa shape index (κ2) is 8.29. The number of hydrogen-bond donors (Lipinski definition) is 1. The second-order valence-corrected chi connectivity index (χ2v) is 6.69. The topological polar surface area (TPSA) is 65.8 Å². The fourth-order valence-electron chi connectivity index (χ4n) is 3.13. The van der Waals surface area contributed by atoms with E-state index >= 15 is 0 Å². The number of ketones is 1. The Kier molecular flexibility index (Phi) is 5.85. The number of carbonyl (C=O) groups excluding carboxylic acids is 2. The molecule has 0 bridgehead atoms. The van der Waals surface area contributed by atoms with Crippen LogP contribution in [0, 0.1) is 0 Å². The van der Waals surface area contributed by atoms with Crippen molar-refractivity contribution in [3.05, 3.63) is 54.0 Å². The lowest BCUT2D eigenvalue weighted by Gasteiger charge is -2.37. The fraction of sp³-hybridized carbons (Fsp3) is 0.400. The molecule has 0 spiro atoms. The molecule has 6 heteroatoms. The lowest BCUT2D eigenvalue weighted by molar-refractivity contribution is -0.121. The van der Waals surface area contributed by atoms with Crippen molar-refractivity contribution in [2.24, 2.45) is 0 Å². The van der Waals surface area contributed by atoms with Crippen LogP contribution < -0.4 is 5.32 Å². The highest BCUT2D eigenvalue weighted by molar-refractivity contribution is 5.96. The lowest BCUT2D eigenvalue weighted by atomic mass is 10.1. The molecule has 138 valence electrons. The lowest BCUT2D eigenvalue weighted by Crippen LogP contribution is -2.52. The minimum atomic E-state index is -0.201. The molecule has 2 heterocycles. The Labute approximate surface area is 153 Å². The standard InChI is InChI=1S/C20H25N3O3/c1-15(20(25)21-18-7-5-17(6-8-18)16(2)24)23-11-9-22(10-12-23)14-19-4-3-13-26-19/h3-8,13,15H,9-12,14H2,1-2H3,(H,21,25). The van der Waals surface area contributed by atoms with Crippen molar-refractivity contribution >= 4 is 17.4 Å². The van der Waals surface area contributed by atoms with E-state index in [1.165, 1.54) is 6.92 Å². The van der Waals surface area contributed by atoms with Crippen LogP contribution in [-0.2, 0) is 11.3 Å². The first-order chi connectivity index (χ1) is 12.5. The maximum atomic E-state index is 12.5. The Morgan fingerprint density at radius 1 is 1.12 bits per heavy atom. The molecular weight excluding hydrogens is 330 g/mol. The quantitative estimate of drug-likeness (QED) is 0.807. The highest BCUT2D eigenvalue weighted by Gasteiger charge is 2.25. The third-order valence-corrected chi connectivity index (χ3v) is 4.85. The molecule has 0 radical (unpaired) electrons. The molecule has 1 saturated heterocycles. The molecule has 1 N–H and O–H groups in total. The van der Waals surface area contributed by atoms with Crippen molar-refractivity contribution in [1.29, 1.82) is 0 Å². The third kappa shape index (κ3) is 4.59. The summed E-state index contributed by atoms with van der Waals surface area (Å²) in [5.41, 5.74) is 1.35. The van der Waals surface area contributed by atoms with Crippen LogP contribution >= 0.6 is 0 Å². The van der Waals surface area contributed by atoms with E-state index in [0.717, 1.165) is 38.5 Å². The normalized spacial score (nSPS) is 17.0. The summed E-state index contributed by atoms with van der Waals surface area (Å²) in [5, 5.41) is 2.93. The van der Waals surface area contributed by atoms with Gasteiger partial charge >= 0.3 is 0 Å². The molecule has 1 atom stereocenters. The summed E-state index contributed by atoms with van der Waals surface area (Å²) in [6, 6.07) is 10.7. The van der Waals surface area contributed by atoms with Crippen molar-refractivity contribution < 1.29 is 14.0 Å². The van der Waals surface area contributed by atoms with Crippen molar-refractivity contribution in [3.8, 4) is 0 Å². The highest BCUT2D eigenvalue weighted by Crippen LogP contribution is 2.14. The molecule has 26 heavy (non-hydrogen) atoms. The van der Waals surface area contributed by atoms with Gasteiger partial charge in [0.05, 0.1) is 18.8 Å². The Bertz CT molecular complexity index is 732. The van der Waals surface area contributed by atoms with E-state index in [4.69, 9.17) is 4.42 Å². The van der Waals surface area contributed by atoms with Gasteiger partial charge in [-0.25, -0.2) is 0 Å². The predicted octanol–water partition coefficient (Wildman–Crippen LogP) is 2.63. The average molecular weight is 355 g/mol. The van der Waals surface area contributed by atoms with Crippen LogP contribution in [0.15, 0.2) is 47.1 Å². The highest BCUT2D eigenvalue weighted by atomic mass is 16.3. The number of rotatable bonds is 6. The van der Waals surface area contributed by atoms with Gasteiger partial charge < -0.3 is 9.73 Å². The van der Waals surface area contributed by atoms with Gasteiger partial charge in [-0.15, -0.1) is 0 Å². The van der Waals surface area contributed by atoms with E-state index in [-0.39, 0.29) is 17.7 Å². The van der Waals surface area contributed by atoms with E-state index in [0.29, 0.717) is 11.3 Å². The summed E-state index contributed by atoms with van der Waals surface area (Å²) in [5.74, 6) is 0.960. The number of carbonyl (C=O) groups is 2. The predicted molar refractivity (Wildman–Crippen MR) is 100 cm³/mol. The molecule has 0 aliphatic carbocycles. The number of amides is 1. The van der Waals surface area contributed by atoms with Crippen LogP contribution in [0.4, 0.5) is 5.69 Å². The Morgan fingerprint density at radius 2 is 1.81 bits per heavy atom. The van der Waals surface area contributed by atoms with Crippen LogP contribution in [0.1, 0.15) is 30.0 Å². The number of piperazine rings is 1. The molecule has 2 aromatic rings. The Balaban J connectivity index is 1.48. The van der Waals surface area contributed by atoms with Crippen LogP contribution in [0.2, 0.25) is 0 Å².